The first-order chi connectivity index (χ1) is 12.8. The number of methoxy groups -OCH3 is 2. The maximum atomic E-state index is 6.03. The van der Waals surface area contributed by atoms with Crippen molar-refractivity contribution in [2.75, 3.05) is 53.7 Å². The Kier molecular flexibility index (Phi) is 6.75. The molecule has 0 amide bonds. The van der Waals surface area contributed by atoms with Gasteiger partial charge in [0, 0.05) is 19.6 Å². The summed E-state index contributed by atoms with van der Waals surface area (Å²) in [6, 6.07) is 14.4. The second kappa shape index (κ2) is 9.46. The lowest BCUT2D eigenvalue weighted by Gasteiger charge is -2.26. The van der Waals surface area contributed by atoms with Gasteiger partial charge >= 0.3 is 0 Å². The van der Waals surface area contributed by atoms with Crippen LogP contribution in [0.2, 0.25) is 0 Å². The molecule has 0 saturated carbocycles. The molecule has 0 N–H and O–H groups in total. The minimum Gasteiger partial charge on any atom is -0.493 e. The van der Waals surface area contributed by atoms with E-state index < -0.39 is 0 Å². The molecule has 26 heavy (non-hydrogen) atoms. The van der Waals surface area contributed by atoms with Crippen molar-refractivity contribution < 1.29 is 18.9 Å². The van der Waals surface area contributed by atoms with Crippen LogP contribution in [0.15, 0.2) is 42.5 Å². The van der Waals surface area contributed by atoms with Gasteiger partial charge in [-0.05, 0) is 29.7 Å². The van der Waals surface area contributed by atoms with Crippen LogP contribution in [-0.2, 0) is 11.2 Å². The van der Waals surface area contributed by atoms with Crippen LogP contribution in [0.1, 0.15) is 11.1 Å². The van der Waals surface area contributed by atoms with E-state index in [1.165, 1.54) is 5.56 Å². The molecular formula is C21H27NO4. The molecule has 0 atom stereocenters. The van der Waals surface area contributed by atoms with Crippen LogP contribution in [0.3, 0.4) is 0 Å². The van der Waals surface area contributed by atoms with Crippen molar-refractivity contribution in [3.63, 3.8) is 0 Å². The largest absolute Gasteiger partial charge is 0.493 e. The van der Waals surface area contributed by atoms with Crippen LogP contribution in [-0.4, -0.2) is 58.6 Å². The zero-order valence-electron chi connectivity index (χ0n) is 15.6. The normalized spacial score (nSPS) is 14.8. The maximum Gasteiger partial charge on any atom is 0.203 e. The number of hydrogen-bond donors (Lipinski definition) is 0. The Labute approximate surface area is 155 Å². The van der Waals surface area contributed by atoms with E-state index in [0.29, 0.717) is 23.9 Å². The number of rotatable bonds is 8. The first kappa shape index (κ1) is 18.5. The maximum absolute atomic E-state index is 6.03. The fraction of sp³-hybridized carbons (Fsp3) is 0.429. The molecule has 5 heteroatoms. The highest BCUT2D eigenvalue weighted by Crippen LogP contribution is 2.39. The molecule has 5 nitrogen and oxygen atoms in total. The molecule has 0 bridgehead atoms. The zero-order chi connectivity index (χ0) is 18.2. The predicted molar refractivity (Wildman–Crippen MR) is 102 cm³/mol. The Bertz CT molecular complexity index is 659. The monoisotopic (exact) mass is 357 g/mol. The van der Waals surface area contributed by atoms with Crippen molar-refractivity contribution in [2.45, 2.75) is 6.42 Å². The summed E-state index contributed by atoms with van der Waals surface area (Å²) in [5.41, 5.74) is 2.38. The van der Waals surface area contributed by atoms with Crippen molar-refractivity contribution in [2.24, 2.45) is 0 Å². The van der Waals surface area contributed by atoms with Crippen molar-refractivity contribution >= 4 is 0 Å². The SMILES string of the molecule is COc1cc(Cc2ccccc2)cc(OC)c1OCCN1CCOCC1. The van der Waals surface area contributed by atoms with Gasteiger partial charge in [-0.3, -0.25) is 4.90 Å². The quantitative estimate of drug-likeness (QED) is 0.726. The molecule has 1 heterocycles. The fourth-order valence-electron chi connectivity index (χ4n) is 3.11. The average Bonchev–Trinajstić information content (AvgIpc) is 2.70. The van der Waals surface area contributed by atoms with Crippen LogP contribution in [0.5, 0.6) is 17.2 Å². The fourth-order valence-corrected chi connectivity index (χ4v) is 3.11. The van der Waals surface area contributed by atoms with Gasteiger partial charge in [0.1, 0.15) is 6.61 Å². The molecule has 1 saturated heterocycles. The van der Waals surface area contributed by atoms with Crippen LogP contribution in [0, 0.1) is 0 Å². The first-order valence-corrected chi connectivity index (χ1v) is 9.02. The molecule has 0 aliphatic carbocycles. The summed E-state index contributed by atoms with van der Waals surface area (Å²) >= 11 is 0. The van der Waals surface area contributed by atoms with Gasteiger partial charge in [-0.2, -0.15) is 0 Å². The third kappa shape index (κ3) is 4.90. The molecule has 1 aliphatic heterocycles. The summed E-state index contributed by atoms with van der Waals surface area (Å²) in [6.45, 7) is 4.94. The van der Waals surface area contributed by atoms with Gasteiger partial charge in [0.05, 0.1) is 27.4 Å². The molecule has 3 rings (SSSR count). The Morgan fingerprint density at radius 2 is 1.58 bits per heavy atom. The molecular weight excluding hydrogens is 330 g/mol. The van der Waals surface area contributed by atoms with Crippen LogP contribution in [0.25, 0.3) is 0 Å². The Balaban J connectivity index is 1.69. The van der Waals surface area contributed by atoms with E-state index in [0.717, 1.165) is 44.8 Å². The standard InChI is InChI=1S/C21H27NO4/c1-23-19-15-18(14-17-6-4-3-5-7-17)16-20(24-2)21(19)26-13-10-22-8-11-25-12-9-22/h3-7,15-16H,8-14H2,1-2H3. The van der Waals surface area contributed by atoms with Crippen LogP contribution in [0.4, 0.5) is 0 Å². The number of hydrogen-bond acceptors (Lipinski definition) is 5. The highest BCUT2D eigenvalue weighted by atomic mass is 16.5. The lowest BCUT2D eigenvalue weighted by molar-refractivity contribution is 0.0319. The number of ether oxygens (including phenoxy) is 4. The van der Waals surface area contributed by atoms with Gasteiger partial charge in [-0.15, -0.1) is 0 Å². The van der Waals surface area contributed by atoms with Crippen molar-refractivity contribution in [1.29, 1.82) is 0 Å². The number of benzene rings is 2. The molecule has 140 valence electrons. The van der Waals surface area contributed by atoms with E-state index in [1.807, 2.05) is 30.3 Å². The Morgan fingerprint density at radius 3 is 2.19 bits per heavy atom. The molecule has 0 aromatic heterocycles. The van der Waals surface area contributed by atoms with E-state index in [4.69, 9.17) is 18.9 Å². The second-order valence-corrected chi connectivity index (χ2v) is 6.29. The average molecular weight is 357 g/mol. The lowest BCUT2D eigenvalue weighted by atomic mass is 10.0. The van der Waals surface area contributed by atoms with Crippen molar-refractivity contribution in [3.05, 3.63) is 53.6 Å². The van der Waals surface area contributed by atoms with Gasteiger partial charge in [0.2, 0.25) is 5.75 Å². The smallest absolute Gasteiger partial charge is 0.203 e. The van der Waals surface area contributed by atoms with E-state index in [9.17, 15) is 0 Å². The zero-order valence-corrected chi connectivity index (χ0v) is 15.6. The molecule has 0 spiro atoms. The minimum absolute atomic E-state index is 0.588. The van der Waals surface area contributed by atoms with Crippen molar-refractivity contribution in [3.8, 4) is 17.2 Å². The predicted octanol–water partition coefficient (Wildman–Crippen LogP) is 3.01. The third-order valence-corrected chi connectivity index (χ3v) is 4.53. The van der Waals surface area contributed by atoms with Gasteiger partial charge in [0.25, 0.3) is 0 Å². The highest BCUT2D eigenvalue weighted by Gasteiger charge is 2.16. The number of morpholine rings is 1. The topological polar surface area (TPSA) is 40.2 Å². The van der Waals surface area contributed by atoms with Gasteiger partial charge in [0.15, 0.2) is 11.5 Å². The summed E-state index contributed by atoms with van der Waals surface area (Å²) in [5.74, 6) is 2.08. The van der Waals surface area contributed by atoms with Gasteiger partial charge < -0.3 is 18.9 Å². The third-order valence-electron chi connectivity index (χ3n) is 4.53. The summed E-state index contributed by atoms with van der Waals surface area (Å²) in [7, 11) is 3.33. The number of nitrogens with zero attached hydrogens (tertiary/aromatic N) is 1. The van der Waals surface area contributed by atoms with Gasteiger partial charge in [-0.25, -0.2) is 0 Å². The summed E-state index contributed by atoms with van der Waals surface area (Å²) in [5, 5.41) is 0. The molecule has 2 aromatic carbocycles. The summed E-state index contributed by atoms with van der Waals surface area (Å²) in [6.07, 6.45) is 0.821. The lowest BCUT2D eigenvalue weighted by Crippen LogP contribution is -2.38. The molecule has 1 fully saturated rings. The molecule has 0 radical (unpaired) electrons. The van der Waals surface area contributed by atoms with Crippen LogP contribution >= 0.6 is 0 Å². The summed E-state index contributed by atoms with van der Waals surface area (Å²) < 4.78 is 22.5. The van der Waals surface area contributed by atoms with E-state index in [-0.39, 0.29) is 0 Å². The summed E-state index contributed by atoms with van der Waals surface area (Å²) in [4.78, 5) is 2.34. The molecule has 0 unspecified atom stereocenters. The van der Waals surface area contributed by atoms with E-state index >= 15 is 0 Å². The van der Waals surface area contributed by atoms with E-state index in [1.54, 1.807) is 14.2 Å². The first-order valence-electron chi connectivity index (χ1n) is 9.02. The second-order valence-electron chi connectivity index (χ2n) is 6.29. The minimum atomic E-state index is 0.588. The van der Waals surface area contributed by atoms with E-state index in [2.05, 4.69) is 17.0 Å². The molecule has 1 aliphatic rings. The van der Waals surface area contributed by atoms with Crippen molar-refractivity contribution in [1.82, 2.24) is 4.90 Å². The Hall–Kier alpha value is -2.24. The highest BCUT2D eigenvalue weighted by molar-refractivity contribution is 5.54. The van der Waals surface area contributed by atoms with Gasteiger partial charge in [-0.1, -0.05) is 30.3 Å². The Morgan fingerprint density at radius 1 is 0.923 bits per heavy atom. The molecule has 2 aromatic rings. The van der Waals surface area contributed by atoms with Crippen LogP contribution < -0.4 is 14.2 Å².